The molecule has 1 fully saturated rings. The highest BCUT2D eigenvalue weighted by molar-refractivity contribution is 5.94. The molecule has 0 radical (unpaired) electrons. The molecule has 1 aliphatic heterocycles. The van der Waals surface area contributed by atoms with Gasteiger partial charge >= 0.3 is 0 Å². The Labute approximate surface area is 183 Å². The number of carbonyl (C=O) groups is 1. The molecule has 32 heavy (non-hydrogen) atoms. The molecule has 1 N–H and O–H groups in total. The van der Waals surface area contributed by atoms with Crippen LogP contribution in [-0.4, -0.2) is 39.1 Å². The van der Waals surface area contributed by atoms with E-state index in [1.165, 1.54) is 12.1 Å². The lowest BCUT2D eigenvalue weighted by Gasteiger charge is -2.32. The molecule has 1 unspecified atom stereocenters. The number of nitriles is 1. The van der Waals surface area contributed by atoms with E-state index in [4.69, 9.17) is 0 Å². The molecule has 3 heterocycles. The quantitative estimate of drug-likeness (QED) is 0.482. The number of nitro benzene ring substituents is 1. The van der Waals surface area contributed by atoms with Gasteiger partial charge in [0.15, 0.2) is 5.82 Å². The van der Waals surface area contributed by atoms with E-state index in [-0.39, 0.29) is 28.8 Å². The summed E-state index contributed by atoms with van der Waals surface area (Å²) in [6, 6.07) is 13.2. The van der Waals surface area contributed by atoms with E-state index in [0.717, 1.165) is 30.3 Å². The van der Waals surface area contributed by atoms with Crippen molar-refractivity contribution >= 4 is 23.1 Å². The number of hydrogen-bond acceptors (Lipinski definition) is 8. The minimum atomic E-state index is -0.577. The zero-order valence-electron chi connectivity index (χ0n) is 17.0. The van der Waals surface area contributed by atoms with Gasteiger partial charge in [-0.15, -0.1) is 10.2 Å². The van der Waals surface area contributed by atoms with Crippen LogP contribution in [0.15, 0.2) is 54.9 Å². The van der Waals surface area contributed by atoms with Crippen LogP contribution >= 0.6 is 0 Å². The van der Waals surface area contributed by atoms with Gasteiger partial charge in [0.05, 0.1) is 27.8 Å². The molecule has 2 aromatic heterocycles. The van der Waals surface area contributed by atoms with Crippen molar-refractivity contribution in [2.45, 2.75) is 12.8 Å². The average Bonchev–Trinajstić information content (AvgIpc) is 2.85. The van der Waals surface area contributed by atoms with Gasteiger partial charge in [-0.05, 0) is 43.2 Å². The van der Waals surface area contributed by atoms with Gasteiger partial charge in [-0.2, -0.15) is 5.26 Å². The topological polar surface area (TPSA) is 138 Å². The maximum atomic E-state index is 12.8. The molecule has 1 atom stereocenters. The summed E-state index contributed by atoms with van der Waals surface area (Å²) in [5.41, 5.74) is 1.71. The highest BCUT2D eigenvalue weighted by Crippen LogP contribution is 2.26. The molecule has 10 nitrogen and oxygen atoms in total. The summed E-state index contributed by atoms with van der Waals surface area (Å²) in [4.78, 5) is 29.3. The number of non-ortho nitro benzene ring substituents is 1. The molecule has 0 aliphatic carbocycles. The standard InChI is InChI=1S/C22H19N7O3/c23-12-17-11-18(29(31)32)5-6-19(17)25-22(30)16-4-2-10-28(14-16)21-8-7-20(26-27-21)15-3-1-9-24-13-15/h1,3,5-9,11,13,16H,2,4,10,14H2,(H,25,30). The van der Waals surface area contributed by atoms with Gasteiger partial charge in [0.2, 0.25) is 5.91 Å². The molecule has 10 heteroatoms. The van der Waals surface area contributed by atoms with Crippen LogP contribution in [0.25, 0.3) is 11.3 Å². The number of pyridine rings is 1. The summed E-state index contributed by atoms with van der Waals surface area (Å²) >= 11 is 0. The summed E-state index contributed by atoms with van der Waals surface area (Å²) in [5.74, 6) is 0.133. The maximum absolute atomic E-state index is 12.8. The van der Waals surface area contributed by atoms with E-state index in [1.807, 2.05) is 35.2 Å². The van der Waals surface area contributed by atoms with E-state index in [9.17, 15) is 20.2 Å². The molecule has 0 bridgehead atoms. The van der Waals surface area contributed by atoms with Crippen LogP contribution in [0.3, 0.4) is 0 Å². The number of nitro groups is 1. The second-order valence-electron chi connectivity index (χ2n) is 7.39. The van der Waals surface area contributed by atoms with Crippen LogP contribution in [0.4, 0.5) is 17.2 Å². The largest absolute Gasteiger partial charge is 0.354 e. The number of aromatic nitrogens is 3. The zero-order chi connectivity index (χ0) is 22.5. The second-order valence-corrected chi connectivity index (χ2v) is 7.39. The van der Waals surface area contributed by atoms with Crippen molar-refractivity contribution in [1.82, 2.24) is 15.2 Å². The number of hydrogen-bond donors (Lipinski definition) is 1. The molecular weight excluding hydrogens is 410 g/mol. The first-order valence-electron chi connectivity index (χ1n) is 10.0. The van der Waals surface area contributed by atoms with Crippen molar-refractivity contribution in [1.29, 1.82) is 5.26 Å². The highest BCUT2D eigenvalue weighted by atomic mass is 16.6. The van der Waals surface area contributed by atoms with Crippen LogP contribution in [0.5, 0.6) is 0 Å². The number of nitrogens with zero attached hydrogens (tertiary/aromatic N) is 6. The first-order valence-corrected chi connectivity index (χ1v) is 10.0. The van der Waals surface area contributed by atoms with Gasteiger partial charge in [0.25, 0.3) is 5.69 Å². The minimum absolute atomic E-state index is 0.0528. The monoisotopic (exact) mass is 429 g/mol. The third kappa shape index (κ3) is 4.52. The molecule has 1 amide bonds. The Morgan fingerprint density at radius 3 is 2.81 bits per heavy atom. The second kappa shape index (κ2) is 9.18. The number of carbonyl (C=O) groups excluding carboxylic acids is 1. The normalized spacial score (nSPS) is 15.6. The van der Waals surface area contributed by atoms with Gasteiger partial charge in [-0.3, -0.25) is 19.9 Å². The third-order valence-electron chi connectivity index (χ3n) is 5.32. The predicted molar refractivity (Wildman–Crippen MR) is 117 cm³/mol. The number of anilines is 2. The van der Waals surface area contributed by atoms with E-state index < -0.39 is 4.92 Å². The van der Waals surface area contributed by atoms with E-state index in [2.05, 4.69) is 20.5 Å². The van der Waals surface area contributed by atoms with Crippen LogP contribution < -0.4 is 10.2 Å². The Hall–Kier alpha value is -4.39. The summed E-state index contributed by atoms with van der Waals surface area (Å²) in [6.45, 7) is 1.22. The molecule has 1 saturated heterocycles. The van der Waals surface area contributed by atoms with Gasteiger partial charge in [-0.25, -0.2) is 0 Å². The molecule has 3 aromatic rings. The number of benzene rings is 1. The molecular formula is C22H19N7O3. The molecule has 1 aliphatic rings. The fraction of sp³-hybridized carbons (Fsp3) is 0.227. The first-order chi connectivity index (χ1) is 15.5. The van der Waals surface area contributed by atoms with Crippen LogP contribution in [0.1, 0.15) is 18.4 Å². The smallest absolute Gasteiger partial charge is 0.270 e. The Kier molecular flexibility index (Phi) is 5.98. The van der Waals surface area contributed by atoms with Crippen molar-refractivity contribution in [3.63, 3.8) is 0 Å². The summed E-state index contributed by atoms with van der Waals surface area (Å²) in [7, 11) is 0. The van der Waals surface area contributed by atoms with Gasteiger partial charge in [0, 0.05) is 43.2 Å². The maximum Gasteiger partial charge on any atom is 0.270 e. The third-order valence-corrected chi connectivity index (χ3v) is 5.32. The average molecular weight is 429 g/mol. The molecule has 0 spiro atoms. The summed E-state index contributed by atoms with van der Waals surface area (Å²) in [6.07, 6.45) is 4.91. The van der Waals surface area contributed by atoms with Gasteiger partial charge in [-0.1, -0.05) is 0 Å². The molecule has 160 valence electrons. The van der Waals surface area contributed by atoms with Crippen molar-refractivity contribution in [3.05, 3.63) is 70.5 Å². The van der Waals surface area contributed by atoms with Crippen molar-refractivity contribution < 1.29 is 9.72 Å². The van der Waals surface area contributed by atoms with Crippen LogP contribution in [0, 0.1) is 27.4 Å². The lowest BCUT2D eigenvalue weighted by Crippen LogP contribution is -2.41. The molecule has 4 rings (SSSR count). The van der Waals surface area contributed by atoms with Crippen LogP contribution in [-0.2, 0) is 4.79 Å². The summed E-state index contributed by atoms with van der Waals surface area (Å²) in [5, 5.41) is 31.6. The predicted octanol–water partition coefficient (Wildman–Crippen LogP) is 3.17. The number of rotatable bonds is 5. The Bertz CT molecular complexity index is 1180. The number of amides is 1. The van der Waals surface area contributed by atoms with E-state index in [1.54, 1.807) is 12.4 Å². The van der Waals surface area contributed by atoms with E-state index >= 15 is 0 Å². The van der Waals surface area contributed by atoms with Crippen molar-refractivity contribution in [2.24, 2.45) is 5.92 Å². The van der Waals surface area contributed by atoms with E-state index in [0.29, 0.717) is 18.8 Å². The van der Waals surface area contributed by atoms with Crippen molar-refractivity contribution in [2.75, 3.05) is 23.3 Å². The van der Waals surface area contributed by atoms with Gasteiger partial charge < -0.3 is 10.2 Å². The molecule has 1 aromatic carbocycles. The minimum Gasteiger partial charge on any atom is -0.354 e. The number of piperidine rings is 1. The number of nitrogens with one attached hydrogen (secondary N) is 1. The van der Waals surface area contributed by atoms with Gasteiger partial charge in [0.1, 0.15) is 6.07 Å². The molecule has 0 saturated carbocycles. The SMILES string of the molecule is N#Cc1cc([N+](=O)[O-])ccc1NC(=O)C1CCCN(c2ccc(-c3cccnc3)nn2)C1. The Morgan fingerprint density at radius 1 is 1.25 bits per heavy atom. The Morgan fingerprint density at radius 2 is 2.12 bits per heavy atom. The lowest BCUT2D eigenvalue weighted by atomic mass is 9.96. The fourth-order valence-electron chi connectivity index (χ4n) is 3.64. The Balaban J connectivity index is 1.44. The lowest BCUT2D eigenvalue weighted by molar-refractivity contribution is -0.384. The highest BCUT2D eigenvalue weighted by Gasteiger charge is 2.27. The summed E-state index contributed by atoms with van der Waals surface area (Å²) < 4.78 is 0. The zero-order valence-corrected chi connectivity index (χ0v) is 17.0. The first kappa shape index (κ1) is 20.9. The fourth-order valence-corrected chi connectivity index (χ4v) is 3.64. The van der Waals surface area contributed by atoms with Crippen LogP contribution in [0.2, 0.25) is 0 Å². The van der Waals surface area contributed by atoms with Crippen molar-refractivity contribution in [3.8, 4) is 17.3 Å².